The van der Waals surface area contributed by atoms with Crippen molar-refractivity contribution in [3.05, 3.63) is 59.5 Å². The van der Waals surface area contributed by atoms with Crippen LogP contribution in [0.2, 0.25) is 0 Å². The highest BCUT2D eigenvalue weighted by Gasteiger charge is 2.43. The summed E-state index contributed by atoms with van der Waals surface area (Å²) >= 11 is 0. The molecule has 1 aromatic heterocycles. The second-order valence-electron chi connectivity index (χ2n) is 11.6. The van der Waals surface area contributed by atoms with Gasteiger partial charge in [-0.2, -0.15) is 18.2 Å². The summed E-state index contributed by atoms with van der Waals surface area (Å²) in [6, 6.07) is 14.2. The van der Waals surface area contributed by atoms with E-state index < -0.39 is 18.1 Å². The van der Waals surface area contributed by atoms with Crippen LogP contribution in [0.15, 0.2) is 47.0 Å². The zero-order valence-electron chi connectivity index (χ0n) is 24.1. The summed E-state index contributed by atoms with van der Waals surface area (Å²) in [4.78, 5) is 26.5. The number of carboxylic acids is 2. The third kappa shape index (κ3) is 8.04. The Morgan fingerprint density at radius 2 is 1.70 bits per heavy atom. The molecule has 0 aliphatic carbocycles. The van der Waals surface area contributed by atoms with E-state index >= 15 is 0 Å². The lowest BCUT2D eigenvalue weighted by Gasteiger charge is -2.38. The van der Waals surface area contributed by atoms with Gasteiger partial charge < -0.3 is 29.1 Å². The van der Waals surface area contributed by atoms with Gasteiger partial charge in [-0.1, -0.05) is 56.3 Å². The van der Waals surface area contributed by atoms with E-state index in [0.29, 0.717) is 30.6 Å². The van der Waals surface area contributed by atoms with E-state index in [-0.39, 0.29) is 23.9 Å². The van der Waals surface area contributed by atoms with Crippen LogP contribution in [0.3, 0.4) is 0 Å². The monoisotopic (exact) mass is 605 g/mol. The molecule has 0 amide bonds. The van der Waals surface area contributed by atoms with Gasteiger partial charge in [0.25, 0.3) is 5.89 Å². The Balaban J connectivity index is 0.000000541. The number of hydrogen-bond acceptors (Lipinski definition) is 8. The molecule has 2 N–H and O–H groups in total. The van der Waals surface area contributed by atoms with Crippen LogP contribution in [0.25, 0.3) is 11.4 Å². The molecule has 3 aromatic rings. The van der Waals surface area contributed by atoms with E-state index in [4.69, 9.17) is 29.0 Å². The minimum Gasteiger partial charge on any atom is -0.492 e. The minimum absolute atomic E-state index is 0.00247. The van der Waals surface area contributed by atoms with Gasteiger partial charge in [0.05, 0.1) is 13.0 Å². The third-order valence-corrected chi connectivity index (χ3v) is 7.57. The average Bonchev–Trinajstić information content (AvgIpc) is 3.56. The molecule has 0 unspecified atom stereocenters. The van der Waals surface area contributed by atoms with Crippen LogP contribution in [0.5, 0.6) is 11.5 Å². The molecule has 232 valence electrons. The number of benzene rings is 2. The van der Waals surface area contributed by atoms with Crippen molar-refractivity contribution in [2.24, 2.45) is 0 Å². The molecule has 3 heterocycles. The molecular weight excluding hydrogens is 571 g/mol. The highest BCUT2D eigenvalue weighted by Crippen LogP contribution is 2.46. The summed E-state index contributed by atoms with van der Waals surface area (Å²) in [6.07, 6.45) is -2.98. The Kier molecular flexibility index (Phi) is 9.33. The Labute approximate surface area is 246 Å². The first-order valence-corrected chi connectivity index (χ1v) is 13.7. The van der Waals surface area contributed by atoms with Crippen molar-refractivity contribution in [1.82, 2.24) is 15.0 Å². The Morgan fingerprint density at radius 1 is 1.05 bits per heavy atom. The first kappa shape index (κ1) is 31.8. The number of ether oxygens (including phenoxy) is 2. The Morgan fingerprint density at radius 3 is 2.28 bits per heavy atom. The standard InChI is InChI=1S/C28H33N3O5.C2HF3O2/c1-27(2,3)20-6-4-19(5-7-20)26-29-24(36-30-26)17-34-21-8-9-22-23(16-21)35-18-28(22)11-14-31(15-12-28)13-10-25(32)33;3-2(4,5)1(6)7/h4-9,16H,10-15,17-18H2,1-3H3,(H,32,33);(H,6,7). The molecule has 43 heavy (non-hydrogen) atoms. The fourth-order valence-corrected chi connectivity index (χ4v) is 5.01. The van der Waals surface area contributed by atoms with Crippen molar-refractivity contribution < 1.29 is 47.0 Å². The first-order chi connectivity index (χ1) is 20.2. The van der Waals surface area contributed by atoms with Crippen molar-refractivity contribution >= 4 is 11.9 Å². The molecule has 2 aliphatic rings. The number of halogens is 3. The highest BCUT2D eigenvalue weighted by atomic mass is 19.4. The van der Waals surface area contributed by atoms with E-state index in [1.54, 1.807) is 0 Å². The summed E-state index contributed by atoms with van der Waals surface area (Å²) in [6.45, 7) is 9.75. The maximum atomic E-state index is 10.9. The SMILES string of the molecule is CC(C)(C)c1ccc(-c2noc(COc3ccc4c(c3)OCC43CCN(CCC(=O)O)CC3)n2)cc1.O=C(O)C(F)(F)F. The minimum atomic E-state index is -5.08. The van der Waals surface area contributed by atoms with Crippen LogP contribution >= 0.6 is 0 Å². The van der Waals surface area contributed by atoms with Crippen LogP contribution < -0.4 is 9.47 Å². The lowest BCUT2D eigenvalue weighted by molar-refractivity contribution is -0.192. The van der Waals surface area contributed by atoms with Crippen molar-refractivity contribution in [2.45, 2.75) is 63.6 Å². The summed E-state index contributed by atoms with van der Waals surface area (Å²) in [7, 11) is 0. The number of likely N-dealkylation sites (tertiary alicyclic amines) is 1. The maximum Gasteiger partial charge on any atom is 0.490 e. The zero-order valence-corrected chi connectivity index (χ0v) is 24.1. The Bertz CT molecular complexity index is 1420. The van der Waals surface area contributed by atoms with Gasteiger partial charge in [-0.3, -0.25) is 4.79 Å². The van der Waals surface area contributed by atoms with E-state index in [1.165, 1.54) is 11.1 Å². The molecule has 0 saturated carbocycles. The second-order valence-corrected chi connectivity index (χ2v) is 11.6. The number of carbonyl (C=O) groups is 2. The summed E-state index contributed by atoms with van der Waals surface area (Å²) < 4.78 is 49.1. The number of alkyl halides is 3. The van der Waals surface area contributed by atoms with Crippen LogP contribution in [-0.4, -0.2) is 69.6 Å². The van der Waals surface area contributed by atoms with Crippen LogP contribution in [0, 0.1) is 0 Å². The number of aliphatic carboxylic acids is 2. The first-order valence-electron chi connectivity index (χ1n) is 13.7. The molecule has 13 heteroatoms. The lowest BCUT2D eigenvalue weighted by atomic mass is 9.74. The predicted molar refractivity (Wildman–Crippen MR) is 148 cm³/mol. The number of piperidine rings is 1. The molecule has 0 atom stereocenters. The Hall–Kier alpha value is -4.13. The fourth-order valence-electron chi connectivity index (χ4n) is 5.01. The van der Waals surface area contributed by atoms with Crippen molar-refractivity contribution in [1.29, 1.82) is 0 Å². The van der Waals surface area contributed by atoms with Crippen molar-refractivity contribution in [2.75, 3.05) is 26.2 Å². The fraction of sp³-hybridized carbons (Fsp3) is 0.467. The number of carboxylic acid groups (broad SMARTS) is 2. The number of rotatable bonds is 7. The van der Waals surface area contributed by atoms with Gasteiger partial charge >= 0.3 is 18.1 Å². The van der Waals surface area contributed by atoms with Gasteiger partial charge in [0.2, 0.25) is 5.82 Å². The van der Waals surface area contributed by atoms with Crippen LogP contribution in [0.4, 0.5) is 13.2 Å². The summed E-state index contributed by atoms with van der Waals surface area (Å²) in [5.41, 5.74) is 3.46. The molecule has 1 spiro atoms. The summed E-state index contributed by atoms with van der Waals surface area (Å²) in [5, 5.41) is 20.2. The van der Waals surface area contributed by atoms with Crippen molar-refractivity contribution in [3.63, 3.8) is 0 Å². The van der Waals surface area contributed by atoms with E-state index in [1.807, 2.05) is 24.3 Å². The van der Waals surface area contributed by atoms with Crippen LogP contribution in [0.1, 0.15) is 57.1 Å². The molecule has 2 aliphatic heterocycles. The van der Waals surface area contributed by atoms with Crippen LogP contribution in [-0.2, 0) is 27.0 Å². The number of hydrogen-bond donors (Lipinski definition) is 2. The molecule has 1 saturated heterocycles. The molecule has 10 nitrogen and oxygen atoms in total. The smallest absolute Gasteiger partial charge is 0.490 e. The largest absolute Gasteiger partial charge is 0.492 e. The van der Waals surface area contributed by atoms with Gasteiger partial charge in [0, 0.05) is 29.2 Å². The quantitative estimate of drug-likeness (QED) is 0.358. The molecule has 5 rings (SSSR count). The topological polar surface area (TPSA) is 135 Å². The summed E-state index contributed by atoms with van der Waals surface area (Å²) in [5.74, 6) is -0.994. The predicted octanol–water partition coefficient (Wildman–Crippen LogP) is 5.45. The van der Waals surface area contributed by atoms with Crippen molar-refractivity contribution in [3.8, 4) is 22.9 Å². The zero-order chi connectivity index (χ0) is 31.4. The van der Waals surface area contributed by atoms with Gasteiger partial charge in [0.1, 0.15) is 11.5 Å². The van der Waals surface area contributed by atoms with E-state index in [9.17, 15) is 18.0 Å². The van der Waals surface area contributed by atoms with Gasteiger partial charge in [-0.15, -0.1) is 0 Å². The average molecular weight is 606 g/mol. The van der Waals surface area contributed by atoms with Gasteiger partial charge in [-0.25, -0.2) is 4.79 Å². The molecule has 1 fully saturated rings. The number of nitrogens with zero attached hydrogens (tertiary/aromatic N) is 3. The molecule has 2 aromatic carbocycles. The van der Waals surface area contributed by atoms with Gasteiger partial charge in [-0.05, 0) is 43.0 Å². The lowest BCUT2D eigenvalue weighted by Crippen LogP contribution is -2.44. The van der Waals surface area contributed by atoms with E-state index in [0.717, 1.165) is 37.2 Å². The molecule has 0 radical (unpaired) electrons. The highest BCUT2D eigenvalue weighted by molar-refractivity contribution is 5.73. The number of fused-ring (bicyclic) bond motifs is 2. The van der Waals surface area contributed by atoms with Gasteiger partial charge in [0.15, 0.2) is 6.61 Å². The number of aromatic nitrogens is 2. The molecular formula is C30H34F3N3O7. The molecule has 0 bridgehead atoms. The maximum absolute atomic E-state index is 10.9. The second kappa shape index (κ2) is 12.6. The third-order valence-electron chi connectivity index (χ3n) is 7.57. The van der Waals surface area contributed by atoms with E-state index in [2.05, 4.69) is 54.0 Å². The normalized spacial score (nSPS) is 16.1.